The molecule has 2 fully saturated rings. The fourth-order valence-corrected chi connectivity index (χ4v) is 5.33. The van der Waals surface area contributed by atoms with E-state index in [9.17, 15) is 14.7 Å². The Bertz CT molecular complexity index is 809. The Morgan fingerprint density at radius 2 is 1.84 bits per heavy atom. The minimum Gasteiger partial charge on any atom is -0.382 e. The van der Waals surface area contributed by atoms with Crippen LogP contribution in [0.15, 0.2) is 18.2 Å². The number of hydrogen-bond donors (Lipinski definition) is 3. The van der Waals surface area contributed by atoms with E-state index in [0.717, 1.165) is 5.69 Å². The molecular formula is C21H30Cl2N4O4. The van der Waals surface area contributed by atoms with Gasteiger partial charge >= 0.3 is 0 Å². The van der Waals surface area contributed by atoms with Gasteiger partial charge in [-0.1, -0.05) is 30.1 Å². The van der Waals surface area contributed by atoms with Gasteiger partial charge in [0.05, 0.1) is 6.61 Å². The van der Waals surface area contributed by atoms with Crippen LogP contribution in [-0.2, 0) is 14.3 Å². The molecule has 5 atom stereocenters. The number of carbonyl (C=O) groups excluding carboxylic acids is 2. The third-order valence-electron chi connectivity index (χ3n) is 5.96. The van der Waals surface area contributed by atoms with Crippen molar-refractivity contribution < 1.29 is 19.4 Å². The van der Waals surface area contributed by atoms with Gasteiger partial charge < -0.3 is 25.0 Å². The van der Waals surface area contributed by atoms with E-state index < -0.39 is 17.8 Å². The van der Waals surface area contributed by atoms with Gasteiger partial charge in [0.1, 0.15) is 5.54 Å². The lowest BCUT2D eigenvalue weighted by molar-refractivity contribution is -0.138. The van der Waals surface area contributed by atoms with Crippen LogP contribution in [0, 0.1) is 5.92 Å². The lowest BCUT2D eigenvalue weighted by Crippen LogP contribution is -2.60. The molecular weight excluding hydrogens is 443 g/mol. The van der Waals surface area contributed by atoms with E-state index in [4.69, 9.17) is 27.9 Å². The average molecular weight is 473 g/mol. The number of aliphatic hydroxyl groups is 1. The van der Waals surface area contributed by atoms with Crippen LogP contribution >= 0.6 is 23.2 Å². The second kappa shape index (κ2) is 9.50. The van der Waals surface area contributed by atoms with Crippen molar-refractivity contribution in [3.8, 4) is 0 Å². The summed E-state index contributed by atoms with van der Waals surface area (Å²) in [5, 5.41) is 16.2. The molecule has 2 amide bonds. The highest BCUT2D eigenvalue weighted by Crippen LogP contribution is 2.31. The first kappa shape index (κ1) is 24.1. The molecule has 0 aromatic heterocycles. The largest absolute Gasteiger partial charge is 0.382 e. The SMILES string of the molecule is COCC1(CC(C)C(=O)N2C[C@H](C)N(c3cc(Cl)cc(Cl)c3)[C@@H](C)C2)NC(O)NC1=O. The highest BCUT2D eigenvalue weighted by Gasteiger charge is 2.48. The van der Waals surface area contributed by atoms with Gasteiger partial charge in [-0.05, 0) is 38.5 Å². The molecule has 1 aromatic rings. The molecule has 2 heterocycles. The number of benzene rings is 1. The Hall–Kier alpha value is -1.58. The number of aliphatic hydroxyl groups excluding tert-OH is 1. The molecule has 3 N–H and O–H groups in total. The second-order valence-corrected chi connectivity index (χ2v) is 9.49. The zero-order chi connectivity index (χ0) is 22.9. The van der Waals surface area contributed by atoms with E-state index in [2.05, 4.69) is 29.4 Å². The zero-order valence-electron chi connectivity index (χ0n) is 18.2. The summed E-state index contributed by atoms with van der Waals surface area (Å²) in [6.07, 6.45) is -0.937. The van der Waals surface area contributed by atoms with E-state index in [0.29, 0.717) is 23.1 Å². The summed E-state index contributed by atoms with van der Waals surface area (Å²) in [4.78, 5) is 29.8. The fourth-order valence-electron chi connectivity index (χ4n) is 4.81. The van der Waals surface area contributed by atoms with Crippen LogP contribution in [0.25, 0.3) is 0 Å². The Labute approximate surface area is 192 Å². The van der Waals surface area contributed by atoms with Gasteiger partial charge in [0.15, 0.2) is 6.35 Å². The monoisotopic (exact) mass is 472 g/mol. The third-order valence-corrected chi connectivity index (χ3v) is 6.39. The van der Waals surface area contributed by atoms with Gasteiger partial charge in [0.2, 0.25) is 11.8 Å². The van der Waals surface area contributed by atoms with Crippen LogP contribution in [0.3, 0.4) is 0 Å². The number of ether oxygens (including phenoxy) is 1. The predicted molar refractivity (Wildman–Crippen MR) is 120 cm³/mol. The maximum atomic E-state index is 13.3. The van der Waals surface area contributed by atoms with Gasteiger partial charge in [-0.2, -0.15) is 0 Å². The van der Waals surface area contributed by atoms with Crippen molar-refractivity contribution in [3.63, 3.8) is 0 Å². The number of piperazine rings is 1. The number of nitrogens with one attached hydrogen (secondary N) is 2. The Morgan fingerprint density at radius 1 is 1.26 bits per heavy atom. The van der Waals surface area contributed by atoms with Crippen LogP contribution < -0.4 is 15.5 Å². The topological polar surface area (TPSA) is 94.1 Å². The maximum Gasteiger partial charge on any atom is 0.245 e. The molecule has 3 unspecified atom stereocenters. The Kier molecular flexibility index (Phi) is 7.38. The first-order chi connectivity index (χ1) is 14.6. The lowest BCUT2D eigenvalue weighted by Gasteiger charge is -2.46. The molecule has 0 aliphatic carbocycles. The number of rotatable bonds is 6. The summed E-state index contributed by atoms with van der Waals surface area (Å²) in [5.41, 5.74) is -0.211. The standard InChI is InChI=1S/C21H30Cl2N4O4/c1-12(8-21(11-31-4)19(29)24-20(30)25-21)18(28)26-9-13(2)27(14(3)10-26)17-6-15(22)5-16(23)7-17/h5-7,12-14,20,25,30H,8-11H2,1-4H3,(H,24,29)/t12?,13-,14-,20?,21?/m0/s1. The molecule has 2 aliphatic rings. The molecule has 1 aromatic carbocycles. The molecule has 0 bridgehead atoms. The number of nitrogens with zero attached hydrogens (tertiary/aromatic N) is 2. The zero-order valence-corrected chi connectivity index (χ0v) is 19.7. The molecule has 0 saturated carbocycles. The molecule has 31 heavy (non-hydrogen) atoms. The molecule has 10 heteroatoms. The van der Waals surface area contributed by atoms with Gasteiger partial charge in [-0.25, -0.2) is 0 Å². The predicted octanol–water partition coefficient (Wildman–Crippen LogP) is 1.83. The first-order valence-corrected chi connectivity index (χ1v) is 11.1. The normalized spacial score (nSPS) is 29.8. The molecule has 0 radical (unpaired) electrons. The van der Waals surface area contributed by atoms with Gasteiger partial charge in [0, 0.05) is 53.9 Å². The minimum absolute atomic E-state index is 0.0334. The Balaban J connectivity index is 1.71. The van der Waals surface area contributed by atoms with Crippen LogP contribution in [0.5, 0.6) is 0 Å². The molecule has 2 aliphatic heterocycles. The second-order valence-electron chi connectivity index (χ2n) is 8.62. The van der Waals surface area contributed by atoms with Gasteiger partial charge in [0.25, 0.3) is 0 Å². The quantitative estimate of drug-likeness (QED) is 0.584. The number of methoxy groups -OCH3 is 1. The summed E-state index contributed by atoms with van der Waals surface area (Å²) in [6.45, 7) is 7.06. The number of carbonyl (C=O) groups is 2. The molecule has 0 spiro atoms. The summed E-state index contributed by atoms with van der Waals surface area (Å²) >= 11 is 12.4. The highest BCUT2D eigenvalue weighted by molar-refractivity contribution is 6.35. The molecule has 3 rings (SSSR count). The van der Waals surface area contributed by atoms with Gasteiger partial charge in [-0.15, -0.1) is 0 Å². The van der Waals surface area contributed by atoms with E-state index in [1.54, 1.807) is 13.0 Å². The number of hydrogen-bond acceptors (Lipinski definition) is 6. The highest BCUT2D eigenvalue weighted by atomic mass is 35.5. The van der Waals surface area contributed by atoms with Crippen molar-refractivity contribution in [1.29, 1.82) is 0 Å². The van der Waals surface area contributed by atoms with Crippen molar-refractivity contribution in [1.82, 2.24) is 15.5 Å². The molecule has 172 valence electrons. The average Bonchev–Trinajstić information content (AvgIpc) is 2.92. The Morgan fingerprint density at radius 3 is 2.32 bits per heavy atom. The van der Waals surface area contributed by atoms with Crippen LogP contribution in [0.1, 0.15) is 27.2 Å². The van der Waals surface area contributed by atoms with E-state index in [1.165, 1.54) is 7.11 Å². The summed E-state index contributed by atoms with van der Waals surface area (Å²) in [5.74, 6) is -0.843. The molecule has 8 nitrogen and oxygen atoms in total. The first-order valence-electron chi connectivity index (χ1n) is 10.3. The smallest absolute Gasteiger partial charge is 0.245 e. The van der Waals surface area contributed by atoms with Crippen molar-refractivity contribution in [2.24, 2.45) is 5.92 Å². The lowest BCUT2D eigenvalue weighted by atomic mass is 9.87. The van der Waals surface area contributed by atoms with Crippen LogP contribution in [0.4, 0.5) is 5.69 Å². The minimum atomic E-state index is -1.15. The number of anilines is 1. The van der Waals surface area contributed by atoms with E-state index in [-0.39, 0.29) is 36.9 Å². The molecule has 2 saturated heterocycles. The van der Waals surface area contributed by atoms with E-state index >= 15 is 0 Å². The summed E-state index contributed by atoms with van der Waals surface area (Å²) in [6, 6.07) is 5.56. The van der Waals surface area contributed by atoms with Crippen molar-refractivity contribution in [3.05, 3.63) is 28.2 Å². The van der Waals surface area contributed by atoms with Crippen LogP contribution in [0.2, 0.25) is 10.0 Å². The summed E-state index contributed by atoms with van der Waals surface area (Å²) in [7, 11) is 1.48. The van der Waals surface area contributed by atoms with E-state index in [1.807, 2.05) is 17.0 Å². The third kappa shape index (κ3) is 5.09. The maximum absolute atomic E-state index is 13.3. The number of amides is 2. The van der Waals surface area contributed by atoms with Crippen molar-refractivity contribution in [2.75, 3.05) is 31.7 Å². The van der Waals surface area contributed by atoms with Crippen molar-refractivity contribution in [2.45, 2.75) is 51.2 Å². The number of halogens is 2. The van der Waals surface area contributed by atoms with Crippen LogP contribution in [-0.4, -0.2) is 72.6 Å². The van der Waals surface area contributed by atoms with Gasteiger partial charge in [-0.3, -0.25) is 14.9 Å². The van der Waals surface area contributed by atoms with Crippen molar-refractivity contribution >= 4 is 40.7 Å². The fraction of sp³-hybridized carbons (Fsp3) is 0.619. The summed E-state index contributed by atoms with van der Waals surface area (Å²) < 4.78 is 5.20.